The minimum absolute atomic E-state index is 0.102. The molecule has 25 heavy (non-hydrogen) atoms. The molecule has 1 atom stereocenters. The molecule has 2 aliphatic heterocycles. The zero-order chi connectivity index (χ0) is 17.9. The number of hydrogen-bond donors (Lipinski definition) is 1. The zero-order valence-corrected chi connectivity index (χ0v) is 15.0. The van der Waals surface area contributed by atoms with Gasteiger partial charge in [-0.2, -0.15) is 4.31 Å². The number of para-hydroxylation sites is 2. The van der Waals surface area contributed by atoms with Crippen molar-refractivity contribution in [1.29, 1.82) is 0 Å². The Bertz CT molecular complexity index is 716. The predicted octanol–water partition coefficient (Wildman–Crippen LogP) is -0.480. The van der Waals surface area contributed by atoms with E-state index in [2.05, 4.69) is 5.32 Å². The molecule has 0 bridgehead atoms. The summed E-state index contributed by atoms with van der Waals surface area (Å²) in [5.74, 6) is 1.30. The van der Waals surface area contributed by atoms with E-state index >= 15 is 0 Å². The van der Waals surface area contributed by atoms with Crippen molar-refractivity contribution >= 4 is 15.9 Å². The van der Waals surface area contributed by atoms with Gasteiger partial charge in [0, 0.05) is 26.2 Å². The molecule has 0 saturated carbocycles. The minimum Gasteiger partial charge on any atom is -0.486 e. The quantitative estimate of drug-likeness (QED) is 0.754. The number of piperazine rings is 1. The number of fused-ring (bicyclic) bond motifs is 1. The standard InChI is InChI=1S/C16H23N3O5S/c1-25(21,22)19-8-6-18(7-9-19)11-16(20)17-10-13-12-23-14-4-2-3-5-15(14)24-13/h2-5,13H,6-12H2,1H3,(H,17,20). The highest BCUT2D eigenvalue weighted by molar-refractivity contribution is 7.88. The van der Waals surface area contributed by atoms with Crippen molar-refractivity contribution in [2.45, 2.75) is 6.10 Å². The number of hydrogen-bond acceptors (Lipinski definition) is 6. The molecule has 1 aromatic carbocycles. The van der Waals surface area contributed by atoms with Crippen LogP contribution in [-0.2, 0) is 14.8 Å². The topological polar surface area (TPSA) is 88.2 Å². The fourth-order valence-corrected chi connectivity index (χ4v) is 3.70. The molecule has 2 aliphatic rings. The summed E-state index contributed by atoms with van der Waals surface area (Å²) in [5, 5.41) is 2.85. The van der Waals surface area contributed by atoms with Gasteiger partial charge in [-0.15, -0.1) is 0 Å². The smallest absolute Gasteiger partial charge is 0.234 e. The number of nitrogens with zero attached hydrogens (tertiary/aromatic N) is 2. The van der Waals surface area contributed by atoms with E-state index in [1.807, 2.05) is 29.2 Å². The van der Waals surface area contributed by atoms with Gasteiger partial charge in [-0.1, -0.05) is 12.1 Å². The number of amides is 1. The van der Waals surface area contributed by atoms with Crippen molar-refractivity contribution < 1.29 is 22.7 Å². The lowest BCUT2D eigenvalue weighted by Gasteiger charge is -2.33. The Morgan fingerprint density at radius 3 is 2.56 bits per heavy atom. The van der Waals surface area contributed by atoms with Gasteiger partial charge in [0.2, 0.25) is 15.9 Å². The number of ether oxygens (including phenoxy) is 2. The Hall–Kier alpha value is -1.84. The lowest BCUT2D eigenvalue weighted by Crippen LogP contribution is -2.51. The Morgan fingerprint density at radius 2 is 1.88 bits per heavy atom. The van der Waals surface area contributed by atoms with Crippen LogP contribution < -0.4 is 14.8 Å². The summed E-state index contributed by atoms with van der Waals surface area (Å²) in [6, 6.07) is 7.44. The first-order valence-corrected chi connectivity index (χ1v) is 10.1. The molecule has 1 unspecified atom stereocenters. The van der Waals surface area contributed by atoms with Gasteiger partial charge in [-0.05, 0) is 12.1 Å². The predicted molar refractivity (Wildman–Crippen MR) is 92.2 cm³/mol. The van der Waals surface area contributed by atoms with E-state index in [0.29, 0.717) is 50.8 Å². The van der Waals surface area contributed by atoms with Crippen LogP contribution in [0.25, 0.3) is 0 Å². The molecule has 2 heterocycles. The van der Waals surface area contributed by atoms with Crippen LogP contribution in [0.1, 0.15) is 0 Å². The molecule has 0 aliphatic carbocycles. The molecule has 0 aromatic heterocycles. The van der Waals surface area contributed by atoms with Crippen molar-refractivity contribution in [1.82, 2.24) is 14.5 Å². The van der Waals surface area contributed by atoms with Crippen LogP contribution in [0.4, 0.5) is 0 Å². The van der Waals surface area contributed by atoms with Crippen LogP contribution in [-0.4, -0.2) is 81.8 Å². The van der Waals surface area contributed by atoms with Crippen LogP contribution in [0, 0.1) is 0 Å². The van der Waals surface area contributed by atoms with Gasteiger partial charge >= 0.3 is 0 Å². The molecule has 8 nitrogen and oxygen atoms in total. The van der Waals surface area contributed by atoms with Gasteiger partial charge in [-0.3, -0.25) is 9.69 Å². The molecular weight excluding hydrogens is 346 g/mol. The maximum Gasteiger partial charge on any atom is 0.234 e. The van der Waals surface area contributed by atoms with Crippen molar-refractivity contribution in [2.24, 2.45) is 0 Å². The number of rotatable bonds is 5. The first-order valence-electron chi connectivity index (χ1n) is 8.24. The lowest BCUT2D eigenvalue weighted by molar-refractivity contribution is -0.123. The highest BCUT2D eigenvalue weighted by Crippen LogP contribution is 2.30. The Morgan fingerprint density at radius 1 is 1.20 bits per heavy atom. The van der Waals surface area contributed by atoms with Gasteiger partial charge in [0.05, 0.1) is 19.3 Å². The first kappa shape index (κ1) is 18.0. The third-order valence-electron chi connectivity index (χ3n) is 4.26. The van der Waals surface area contributed by atoms with E-state index in [0.717, 1.165) is 0 Å². The summed E-state index contributed by atoms with van der Waals surface area (Å²) >= 11 is 0. The van der Waals surface area contributed by atoms with Crippen LogP contribution >= 0.6 is 0 Å². The molecule has 1 amide bonds. The van der Waals surface area contributed by atoms with E-state index in [1.165, 1.54) is 10.6 Å². The fourth-order valence-electron chi connectivity index (χ4n) is 2.87. The van der Waals surface area contributed by atoms with Gasteiger partial charge in [-0.25, -0.2) is 8.42 Å². The normalized spacial score (nSPS) is 21.7. The molecule has 3 rings (SSSR count). The van der Waals surface area contributed by atoms with Crippen LogP contribution in [0.15, 0.2) is 24.3 Å². The van der Waals surface area contributed by atoms with E-state index in [-0.39, 0.29) is 18.6 Å². The molecule has 1 N–H and O–H groups in total. The van der Waals surface area contributed by atoms with Crippen molar-refractivity contribution in [2.75, 3.05) is 52.1 Å². The Balaban J connectivity index is 1.39. The summed E-state index contributed by atoms with van der Waals surface area (Å²) in [5.41, 5.74) is 0. The van der Waals surface area contributed by atoms with Gasteiger partial charge in [0.15, 0.2) is 11.5 Å². The average molecular weight is 369 g/mol. The lowest BCUT2D eigenvalue weighted by atomic mass is 10.2. The van der Waals surface area contributed by atoms with Crippen LogP contribution in [0.2, 0.25) is 0 Å². The summed E-state index contributed by atoms with van der Waals surface area (Å²) in [6.45, 7) is 2.96. The Labute approximate surface area is 147 Å². The third kappa shape index (κ3) is 4.83. The van der Waals surface area contributed by atoms with Crippen molar-refractivity contribution in [3.8, 4) is 11.5 Å². The third-order valence-corrected chi connectivity index (χ3v) is 5.57. The van der Waals surface area contributed by atoms with E-state index in [9.17, 15) is 13.2 Å². The highest BCUT2D eigenvalue weighted by Gasteiger charge is 2.25. The number of nitrogens with one attached hydrogen (secondary N) is 1. The van der Waals surface area contributed by atoms with Gasteiger partial charge in [0.1, 0.15) is 12.7 Å². The molecule has 1 fully saturated rings. The number of benzene rings is 1. The molecule has 1 saturated heterocycles. The maximum absolute atomic E-state index is 12.1. The second kappa shape index (κ2) is 7.59. The average Bonchev–Trinajstić information content (AvgIpc) is 2.59. The van der Waals surface area contributed by atoms with Crippen LogP contribution in [0.5, 0.6) is 11.5 Å². The molecular formula is C16H23N3O5S. The Kier molecular flexibility index (Phi) is 5.45. The SMILES string of the molecule is CS(=O)(=O)N1CCN(CC(=O)NCC2COc3ccccc3O2)CC1. The summed E-state index contributed by atoms with van der Waals surface area (Å²) < 4.78 is 35.8. The fraction of sp³-hybridized carbons (Fsp3) is 0.562. The van der Waals surface area contributed by atoms with Crippen molar-refractivity contribution in [3.05, 3.63) is 24.3 Å². The van der Waals surface area contributed by atoms with Crippen molar-refractivity contribution in [3.63, 3.8) is 0 Å². The van der Waals surface area contributed by atoms with Gasteiger partial charge in [0.25, 0.3) is 0 Å². The second-order valence-corrected chi connectivity index (χ2v) is 8.22. The summed E-state index contributed by atoms with van der Waals surface area (Å²) in [4.78, 5) is 14.0. The maximum atomic E-state index is 12.1. The molecule has 138 valence electrons. The molecule has 9 heteroatoms. The number of carbonyl (C=O) groups is 1. The summed E-state index contributed by atoms with van der Waals surface area (Å²) in [7, 11) is -3.15. The number of sulfonamides is 1. The monoisotopic (exact) mass is 369 g/mol. The number of carbonyl (C=O) groups excluding carboxylic acids is 1. The van der Waals surface area contributed by atoms with E-state index < -0.39 is 10.0 Å². The highest BCUT2D eigenvalue weighted by atomic mass is 32.2. The summed E-state index contributed by atoms with van der Waals surface area (Å²) in [6.07, 6.45) is 0.987. The van der Waals surface area contributed by atoms with E-state index in [4.69, 9.17) is 9.47 Å². The first-order chi connectivity index (χ1) is 11.9. The van der Waals surface area contributed by atoms with E-state index in [1.54, 1.807) is 0 Å². The molecule has 1 aromatic rings. The van der Waals surface area contributed by atoms with Gasteiger partial charge < -0.3 is 14.8 Å². The zero-order valence-electron chi connectivity index (χ0n) is 14.2. The molecule has 0 spiro atoms. The molecule has 0 radical (unpaired) electrons. The second-order valence-electron chi connectivity index (χ2n) is 6.24. The largest absolute Gasteiger partial charge is 0.486 e. The minimum atomic E-state index is -3.15. The van der Waals surface area contributed by atoms with Crippen LogP contribution in [0.3, 0.4) is 0 Å².